The number of rotatable bonds is 5. The molecular formula is C21H24N2O. The summed E-state index contributed by atoms with van der Waals surface area (Å²) in [4.78, 5) is 11.6. The van der Waals surface area contributed by atoms with Gasteiger partial charge in [0.05, 0.1) is 0 Å². The Morgan fingerprint density at radius 3 is 2.58 bits per heavy atom. The first-order chi connectivity index (χ1) is 11.7. The molecule has 0 aliphatic heterocycles. The zero-order valence-electron chi connectivity index (χ0n) is 13.9. The van der Waals surface area contributed by atoms with Crippen molar-refractivity contribution in [1.82, 2.24) is 5.32 Å². The summed E-state index contributed by atoms with van der Waals surface area (Å²) >= 11 is 0. The predicted octanol–water partition coefficient (Wildman–Crippen LogP) is 3.18. The Labute approximate surface area is 143 Å². The average molecular weight is 320 g/mol. The number of nitrogens with one attached hydrogen (secondary N) is 1. The molecule has 3 nitrogen and oxygen atoms in total. The third kappa shape index (κ3) is 3.22. The number of fused-ring (bicyclic) bond motifs is 1. The van der Waals surface area contributed by atoms with Crippen molar-refractivity contribution in [3.05, 3.63) is 70.8 Å². The first kappa shape index (κ1) is 15.4. The molecule has 2 aromatic rings. The zero-order valence-corrected chi connectivity index (χ0v) is 13.9. The van der Waals surface area contributed by atoms with Crippen LogP contribution in [-0.4, -0.2) is 18.0 Å². The van der Waals surface area contributed by atoms with Crippen LogP contribution in [0.4, 0.5) is 0 Å². The summed E-state index contributed by atoms with van der Waals surface area (Å²) in [6, 6.07) is 17.8. The molecule has 124 valence electrons. The first-order valence-electron chi connectivity index (χ1n) is 8.93. The number of benzene rings is 2. The van der Waals surface area contributed by atoms with Crippen LogP contribution in [0.1, 0.15) is 52.2 Å². The maximum absolute atomic E-state index is 11.6. The highest BCUT2D eigenvalue weighted by Gasteiger charge is 2.34. The minimum atomic E-state index is -0.339. The topological polar surface area (TPSA) is 55.1 Å². The highest BCUT2D eigenvalue weighted by Crippen LogP contribution is 2.37. The fourth-order valence-electron chi connectivity index (χ4n) is 3.92. The van der Waals surface area contributed by atoms with Gasteiger partial charge in [0.2, 0.25) is 5.91 Å². The van der Waals surface area contributed by atoms with E-state index in [0.29, 0.717) is 23.6 Å². The highest BCUT2D eigenvalue weighted by molar-refractivity contribution is 5.93. The average Bonchev–Trinajstić information content (AvgIpc) is 3.41. The molecular weight excluding hydrogens is 296 g/mol. The van der Waals surface area contributed by atoms with Crippen LogP contribution in [-0.2, 0) is 12.8 Å². The van der Waals surface area contributed by atoms with Crippen molar-refractivity contribution >= 4 is 5.91 Å². The molecule has 2 atom stereocenters. The lowest BCUT2D eigenvalue weighted by atomic mass is 9.75. The van der Waals surface area contributed by atoms with Gasteiger partial charge in [0, 0.05) is 23.6 Å². The molecule has 3 heteroatoms. The van der Waals surface area contributed by atoms with Gasteiger partial charge in [-0.1, -0.05) is 36.4 Å². The largest absolute Gasteiger partial charge is 0.366 e. The molecule has 0 bridgehead atoms. The third-order valence-corrected chi connectivity index (χ3v) is 5.37. The fraction of sp³-hybridized carbons (Fsp3) is 0.381. The molecule has 4 rings (SSSR count). The second-order valence-electron chi connectivity index (χ2n) is 7.16. The second-order valence-corrected chi connectivity index (χ2v) is 7.16. The van der Waals surface area contributed by atoms with Crippen molar-refractivity contribution in [3.63, 3.8) is 0 Å². The van der Waals surface area contributed by atoms with Gasteiger partial charge < -0.3 is 11.1 Å². The monoisotopic (exact) mass is 320 g/mol. The SMILES string of the molecule is NC(=O)c1ccc2c(c1)C(Cc1ccccc1)C(NC1CC1)CC2. The Kier molecular flexibility index (Phi) is 4.11. The number of hydrogen-bond acceptors (Lipinski definition) is 2. The van der Waals surface area contributed by atoms with Gasteiger partial charge in [0.25, 0.3) is 0 Å². The molecule has 24 heavy (non-hydrogen) atoms. The molecule has 1 saturated carbocycles. The molecule has 0 heterocycles. The molecule has 0 saturated heterocycles. The number of nitrogens with two attached hydrogens (primary N) is 1. The number of hydrogen-bond donors (Lipinski definition) is 2. The van der Waals surface area contributed by atoms with Crippen molar-refractivity contribution in [3.8, 4) is 0 Å². The van der Waals surface area contributed by atoms with Crippen LogP contribution in [0.2, 0.25) is 0 Å². The molecule has 1 fully saturated rings. The molecule has 2 unspecified atom stereocenters. The maximum atomic E-state index is 11.6. The summed E-state index contributed by atoms with van der Waals surface area (Å²) in [5.74, 6) is 0.0598. The van der Waals surface area contributed by atoms with E-state index in [-0.39, 0.29) is 5.91 Å². The van der Waals surface area contributed by atoms with E-state index < -0.39 is 0 Å². The van der Waals surface area contributed by atoms with Crippen LogP contribution < -0.4 is 11.1 Å². The van der Waals surface area contributed by atoms with Gasteiger partial charge >= 0.3 is 0 Å². The van der Waals surface area contributed by atoms with Crippen LogP contribution in [0.15, 0.2) is 48.5 Å². The number of aryl methyl sites for hydroxylation is 1. The van der Waals surface area contributed by atoms with Gasteiger partial charge in [0.15, 0.2) is 0 Å². The van der Waals surface area contributed by atoms with E-state index in [9.17, 15) is 4.79 Å². The summed E-state index contributed by atoms with van der Waals surface area (Å²) < 4.78 is 0. The molecule has 2 aliphatic rings. The molecule has 3 N–H and O–H groups in total. The molecule has 1 amide bonds. The molecule has 0 spiro atoms. The van der Waals surface area contributed by atoms with Gasteiger partial charge in [-0.15, -0.1) is 0 Å². The van der Waals surface area contributed by atoms with E-state index in [1.165, 1.54) is 29.5 Å². The summed E-state index contributed by atoms with van der Waals surface area (Å²) in [6.07, 6.45) is 5.83. The van der Waals surface area contributed by atoms with E-state index in [1.54, 1.807) is 0 Å². The van der Waals surface area contributed by atoms with Gasteiger partial charge in [-0.3, -0.25) is 4.79 Å². The second kappa shape index (κ2) is 6.40. The lowest BCUT2D eigenvalue weighted by molar-refractivity contribution is 0.1000. The van der Waals surface area contributed by atoms with Crippen molar-refractivity contribution in [2.24, 2.45) is 5.73 Å². The Morgan fingerprint density at radius 2 is 1.88 bits per heavy atom. The van der Waals surface area contributed by atoms with Crippen molar-refractivity contribution in [2.45, 2.75) is 50.1 Å². The fourth-order valence-corrected chi connectivity index (χ4v) is 3.92. The molecule has 0 aromatic heterocycles. The number of carbonyl (C=O) groups is 1. The van der Waals surface area contributed by atoms with E-state index in [0.717, 1.165) is 19.3 Å². The normalized spacial score (nSPS) is 22.8. The third-order valence-electron chi connectivity index (χ3n) is 5.37. The molecule has 2 aliphatic carbocycles. The van der Waals surface area contributed by atoms with Gasteiger partial charge in [-0.25, -0.2) is 0 Å². The van der Waals surface area contributed by atoms with Crippen LogP contribution in [0.3, 0.4) is 0 Å². The van der Waals surface area contributed by atoms with E-state index in [4.69, 9.17) is 5.73 Å². The van der Waals surface area contributed by atoms with Crippen molar-refractivity contribution < 1.29 is 4.79 Å². The van der Waals surface area contributed by atoms with Gasteiger partial charge in [0.1, 0.15) is 0 Å². The van der Waals surface area contributed by atoms with Crippen LogP contribution in [0.5, 0.6) is 0 Å². The standard InChI is InChI=1S/C21H24N2O/c22-21(24)16-7-6-15-8-11-20(23-17-9-10-17)19(18(15)13-16)12-14-4-2-1-3-5-14/h1-7,13,17,19-20,23H,8-12H2,(H2,22,24). The first-order valence-corrected chi connectivity index (χ1v) is 8.93. The number of carbonyl (C=O) groups excluding carboxylic acids is 1. The smallest absolute Gasteiger partial charge is 0.248 e. The van der Waals surface area contributed by atoms with Crippen molar-refractivity contribution in [1.29, 1.82) is 0 Å². The maximum Gasteiger partial charge on any atom is 0.248 e. The minimum absolute atomic E-state index is 0.339. The Morgan fingerprint density at radius 1 is 1.08 bits per heavy atom. The molecule has 2 aromatic carbocycles. The molecule has 0 radical (unpaired) electrons. The van der Waals surface area contributed by atoms with Gasteiger partial charge in [-0.2, -0.15) is 0 Å². The lowest BCUT2D eigenvalue weighted by Crippen LogP contribution is -2.40. The lowest BCUT2D eigenvalue weighted by Gasteiger charge is -2.35. The zero-order chi connectivity index (χ0) is 16.5. The Balaban J connectivity index is 1.69. The summed E-state index contributed by atoms with van der Waals surface area (Å²) in [5, 5.41) is 3.84. The predicted molar refractivity (Wildman–Crippen MR) is 96.1 cm³/mol. The van der Waals surface area contributed by atoms with E-state index >= 15 is 0 Å². The summed E-state index contributed by atoms with van der Waals surface area (Å²) in [5.41, 5.74) is 10.2. The van der Waals surface area contributed by atoms with Crippen LogP contribution in [0, 0.1) is 0 Å². The quantitative estimate of drug-likeness (QED) is 0.889. The number of primary amides is 1. The van der Waals surface area contributed by atoms with Crippen LogP contribution >= 0.6 is 0 Å². The van der Waals surface area contributed by atoms with Crippen LogP contribution in [0.25, 0.3) is 0 Å². The van der Waals surface area contributed by atoms with E-state index in [2.05, 4.69) is 41.7 Å². The summed E-state index contributed by atoms with van der Waals surface area (Å²) in [7, 11) is 0. The Bertz CT molecular complexity index is 737. The number of amides is 1. The summed E-state index contributed by atoms with van der Waals surface area (Å²) in [6.45, 7) is 0. The highest BCUT2D eigenvalue weighted by atomic mass is 16.1. The van der Waals surface area contributed by atoms with E-state index in [1.807, 2.05) is 12.1 Å². The van der Waals surface area contributed by atoms with Gasteiger partial charge in [-0.05, 0) is 60.9 Å². The van der Waals surface area contributed by atoms with Crippen molar-refractivity contribution in [2.75, 3.05) is 0 Å². The Hall–Kier alpha value is -2.13. The minimum Gasteiger partial charge on any atom is -0.366 e.